The molecule has 3 saturated heterocycles. The molecule has 9 nitrogen and oxygen atoms in total. The van der Waals surface area contributed by atoms with Crippen LogP contribution < -0.4 is 10.3 Å². The molecule has 2 bridgehead atoms. The van der Waals surface area contributed by atoms with Crippen molar-refractivity contribution in [3.8, 4) is 0 Å². The van der Waals surface area contributed by atoms with Gasteiger partial charge in [0.2, 0.25) is 0 Å². The molecular formula is C21H28N6O3. The molecule has 4 aliphatic rings. The number of aromatic nitrogens is 3. The van der Waals surface area contributed by atoms with E-state index in [2.05, 4.69) is 33.5 Å². The van der Waals surface area contributed by atoms with Gasteiger partial charge in [-0.3, -0.25) is 0 Å². The molecule has 6 rings (SSSR count). The van der Waals surface area contributed by atoms with Crippen LogP contribution in [-0.2, 0) is 15.1 Å². The van der Waals surface area contributed by atoms with Crippen LogP contribution in [0.25, 0.3) is 11.0 Å². The topological polar surface area (TPSA) is 97.0 Å². The van der Waals surface area contributed by atoms with Gasteiger partial charge in [0.25, 0.3) is 0 Å². The molecule has 0 aliphatic carbocycles. The standard InChI is InChI=1S/C21H28N6O3/c1-13-12-29-7-6-26(13)19-8-17(21(28)9-14-2-3-15(10-21)30-14)16-11-23-27(20(16)24-19)18-4-5-22-25-18/h8,11,13-15,22,28H,2-7,9-10,12H2,1H3/t13?,14-,15+,21?. The molecule has 0 saturated carbocycles. The minimum Gasteiger partial charge on any atom is -0.385 e. The average molecular weight is 412 g/mol. The van der Waals surface area contributed by atoms with Crippen molar-refractivity contribution in [3.63, 3.8) is 0 Å². The highest BCUT2D eigenvalue weighted by molar-refractivity contribution is 5.94. The molecule has 2 aromatic heterocycles. The second-order valence-electron chi connectivity index (χ2n) is 9.02. The minimum absolute atomic E-state index is 0.126. The first-order chi connectivity index (χ1) is 14.6. The summed E-state index contributed by atoms with van der Waals surface area (Å²) in [4.78, 5) is 7.29. The maximum atomic E-state index is 11.9. The van der Waals surface area contributed by atoms with Gasteiger partial charge >= 0.3 is 0 Å². The van der Waals surface area contributed by atoms with Crippen LogP contribution in [0.4, 0.5) is 5.82 Å². The van der Waals surface area contributed by atoms with Crippen molar-refractivity contribution in [2.45, 2.75) is 62.9 Å². The van der Waals surface area contributed by atoms with E-state index in [9.17, 15) is 5.11 Å². The van der Waals surface area contributed by atoms with Crippen LogP contribution in [0.2, 0.25) is 0 Å². The smallest absolute Gasteiger partial charge is 0.167 e. The van der Waals surface area contributed by atoms with Gasteiger partial charge in [-0.25, -0.2) is 4.98 Å². The van der Waals surface area contributed by atoms with Crippen LogP contribution in [0.15, 0.2) is 17.4 Å². The predicted octanol–water partition coefficient (Wildman–Crippen LogP) is 1.34. The summed E-state index contributed by atoms with van der Waals surface area (Å²) in [5, 5.41) is 21.8. The van der Waals surface area contributed by atoms with Gasteiger partial charge in [0.1, 0.15) is 5.82 Å². The number of hydrogen-bond donors (Lipinski definition) is 2. The Labute approximate surface area is 175 Å². The van der Waals surface area contributed by atoms with Gasteiger partial charge in [0, 0.05) is 37.7 Å². The van der Waals surface area contributed by atoms with Crippen LogP contribution in [-0.4, -0.2) is 70.3 Å². The van der Waals surface area contributed by atoms with E-state index in [0.717, 1.165) is 60.6 Å². The zero-order valence-corrected chi connectivity index (χ0v) is 17.3. The Morgan fingerprint density at radius 2 is 2.10 bits per heavy atom. The molecule has 0 amide bonds. The molecule has 0 radical (unpaired) electrons. The van der Waals surface area contributed by atoms with Gasteiger partial charge in [-0.1, -0.05) is 0 Å². The fourth-order valence-corrected chi connectivity index (χ4v) is 5.44. The van der Waals surface area contributed by atoms with Gasteiger partial charge in [0.05, 0.1) is 43.3 Å². The van der Waals surface area contributed by atoms with Crippen LogP contribution in [0, 0.1) is 0 Å². The second kappa shape index (κ2) is 6.90. The number of nitrogens with zero attached hydrogens (tertiary/aromatic N) is 5. The van der Waals surface area contributed by atoms with Gasteiger partial charge in [-0.05, 0) is 31.4 Å². The van der Waals surface area contributed by atoms with Crippen LogP contribution in [0.1, 0.15) is 44.6 Å². The third-order valence-corrected chi connectivity index (χ3v) is 6.93. The monoisotopic (exact) mass is 412 g/mol. The SMILES string of the molecule is CC1COCCN1c1cc(C2(O)C[C@H]3CC[C@@H](C2)O3)c2cnn(C3=NNCC3)c2n1. The number of morpholine rings is 1. The first-order valence-electron chi connectivity index (χ1n) is 11.0. The molecule has 9 heteroatoms. The Bertz CT molecular complexity index is 992. The van der Waals surface area contributed by atoms with Gasteiger partial charge in [0.15, 0.2) is 11.5 Å². The summed E-state index contributed by atoms with van der Waals surface area (Å²) in [5.41, 5.74) is 3.77. The number of nitrogens with one attached hydrogen (secondary N) is 1. The number of fused-ring (bicyclic) bond motifs is 3. The van der Waals surface area contributed by atoms with Crippen molar-refractivity contribution in [1.29, 1.82) is 0 Å². The molecule has 2 aromatic rings. The molecule has 3 fully saturated rings. The molecule has 4 aliphatic heterocycles. The minimum atomic E-state index is -0.931. The zero-order valence-electron chi connectivity index (χ0n) is 17.3. The van der Waals surface area contributed by atoms with Crippen LogP contribution in [0.3, 0.4) is 0 Å². The Kier molecular flexibility index (Phi) is 4.26. The van der Waals surface area contributed by atoms with E-state index in [0.29, 0.717) is 26.1 Å². The number of hydrogen-bond acceptors (Lipinski definition) is 8. The molecule has 160 valence electrons. The molecule has 0 aromatic carbocycles. The zero-order chi connectivity index (χ0) is 20.3. The summed E-state index contributed by atoms with van der Waals surface area (Å²) in [6.45, 7) is 5.08. The molecular weight excluding hydrogens is 384 g/mol. The van der Waals surface area contributed by atoms with Gasteiger partial charge < -0.3 is 24.9 Å². The lowest BCUT2D eigenvalue weighted by molar-refractivity contribution is -0.114. The summed E-state index contributed by atoms with van der Waals surface area (Å²) in [7, 11) is 0. The lowest BCUT2D eigenvalue weighted by Crippen LogP contribution is -2.44. The van der Waals surface area contributed by atoms with E-state index in [4.69, 9.17) is 14.5 Å². The third-order valence-electron chi connectivity index (χ3n) is 6.93. The van der Waals surface area contributed by atoms with E-state index in [1.165, 1.54) is 0 Å². The van der Waals surface area contributed by atoms with E-state index in [1.54, 1.807) is 0 Å². The number of hydrazone groups is 1. The summed E-state index contributed by atoms with van der Waals surface area (Å²) < 4.78 is 13.5. The Hall–Kier alpha value is -2.23. The van der Waals surface area contributed by atoms with Crippen molar-refractivity contribution in [2.24, 2.45) is 5.10 Å². The predicted molar refractivity (Wildman–Crippen MR) is 112 cm³/mol. The second-order valence-corrected chi connectivity index (χ2v) is 9.02. The van der Waals surface area contributed by atoms with E-state index in [1.807, 2.05) is 10.9 Å². The number of rotatable bonds is 2. The fourth-order valence-electron chi connectivity index (χ4n) is 5.44. The highest BCUT2D eigenvalue weighted by atomic mass is 16.5. The molecule has 30 heavy (non-hydrogen) atoms. The van der Waals surface area contributed by atoms with E-state index in [-0.39, 0.29) is 18.2 Å². The van der Waals surface area contributed by atoms with Gasteiger partial charge in [-0.15, -0.1) is 0 Å². The largest absolute Gasteiger partial charge is 0.385 e. The maximum absolute atomic E-state index is 11.9. The number of ether oxygens (including phenoxy) is 2. The highest BCUT2D eigenvalue weighted by Gasteiger charge is 2.46. The van der Waals surface area contributed by atoms with Crippen molar-refractivity contribution in [1.82, 2.24) is 20.2 Å². The Balaban J connectivity index is 1.52. The van der Waals surface area contributed by atoms with Gasteiger partial charge in [-0.2, -0.15) is 14.9 Å². The summed E-state index contributed by atoms with van der Waals surface area (Å²) in [6.07, 6.45) is 6.17. The summed E-state index contributed by atoms with van der Waals surface area (Å²) in [6, 6.07) is 2.30. The number of anilines is 1. The maximum Gasteiger partial charge on any atom is 0.167 e. The third kappa shape index (κ3) is 2.91. The van der Waals surface area contributed by atoms with Crippen LogP contribution >= 0.6 is 0 Å². The molecule has 0 spiro atoms. The number of pyridine rings is 1. The molecule has 2 unspecified atom stereocenters. The first-order valence-corrected chi connectivity index (χ1v) is 11.0. The normalized spacial score (nSPS) is 33.7. The van der Waals surface area contributed by atoms with Crippen molar-refractivity contribution >= 4 is 22.7 Å². The Morgan fingerprint density at radius 3 is 2.83 bits per heavy atom. The van der Waals surface area contributed by atoms with Crippen molar-refractivity contribution in [2.75, 3.05) is 31.2 Å². The summed E-state index contributed by atoms with van der Waals surface area (Å²) >= 11 is 0. The fraction of sp³-hybridized carbons (Fsp3) is 0.667. The highest BCUT2D eigenvalue weighted by Crippen LogP contribution is 2.46. The molecule has 2 N–H and O–H groups in total. The average Bonchev–Trinajstić information content (AvgIpc) is 3.47. The van der Waals surface area contributed by atoms with Crippen molar-refractivity contribution in [3.05, 3.63) is 17.8 Å². The lowest BCUT2D eigenvalue weighted by Gasteiger charge is -2.39. The van der Waals surface area contributed by atoms with Crippen molar-refractivity contribution < 1.29 is 14.6 Å². The van der Waals surface area contributed by atoms with Crippen LogP contribution in [0.5, 0.6) is 0 Å². The lowest BCUT2D eigenvalue weighted by atomic mass is 9.82. The first kappa shape index (κ1) is 18.5. The quantitative estimate of drug-likeness (QED) is 0.768. The number of aliphatic hydroxyl groups is 1. The summed E-state index contributed by atoms with van der Waals surface area (Å²) in [5.74, 6) is 1.73. The molecule has 6 heterocycles. The van der Waals surface area contributed by atoms with E-state index >= 15 is 0 Å². The van der Waals surface area contributed by atoms with E-state index < -0.39 is 5.60 Å². The molecule has 4 atom stereocenters. The Morgan fingerprint density at radius 1 is 1.27 bits per heavy atom.